The zero-order valence-electron chi connectivity index (χ0n) is 14.3. The van der Waals surface area contributed by atoms with Crippen molar-refractivity contribution < 1.29 is 4.79 Å². The van der Waals surface area contributed by atoms with Gasteiger partial charge in [0.25, 0.3) is 0 Å². The maximum atomic E-state index is 12.0. The molecule has 1 N–H and O–H groups in total. The minimum Gasteiger partial charge on any atom is -0.357 e. The van der Waals surface area contributed by atoms with Crippen LogP contribution in [0.25, 0.3) is 0 Å². The Labute approximate surface area is 148 Å². The van der Waals surface area contributed by atoms with Gasteiger partial charge in [0.05, 0.1) is 0 Å². The van der Waals surface area contributed by atoms with Crippen LogP contribution in [-0.4, -0.2) is 24.0 Å². The Bertz CT molecular complexity index is 654. The van der Waals surface area contributed by atoms with Crippen molar-refractivity contribution in [3.63, 3.8) is 0 Å². The van der Waals surface area contributed by atoms with E-state index in [9.17, 15) is 4.79 Å². The van der Waals surface area contributed by atoms with Crippen LogP contribution < -0.4 is 10.2 Å². The van der Waals surface area contributed by atoms with E-state index in [2.05, 4.69) is 35.1 Å². The molecule has 0 unspecified atom stereocenters. The van der Waals surface area contributed by atoms with Crippen LogP contribution in [0.5, 0.6) is 0 Å². The first kappa shape index (κ1) is 18.3. The molecule has 0 atom stereocenters. The molecule has 0 saturated heterocycles. The summed E-state index contributed by atoms with van der Waals surface area (Å²) in [5.41, 5.74) is 2.18. The Morgan fingerprint density at radius 1 is 1.12 bits per heavy atom. The maximum Gasteiger partial charge on any atom is 0.220 e. The van der Waals surface area contributed by atoms with E-state index in [0.717, 1.165) is 30.0 Å². The van der Waals surface area contributed by atoms with Gasteiger partial charge in [-0.1, -0.05) is 23.7 Å². The standard InChI is InChI=1S/C19H24ClN3O/c1-3-23(4-2)18-13-15(11-12-21-18)7-10-19(24)22-14-16-5-8-17(20)9-6-16/h5-6,8-9,11-13H,3-4,7,10,14H2,1-2H3,(H,22,24). The summed E-state index contributed by atoms with van der Waals surface area (Å²) in [7, 11) is 0. The van der Waals surface area contributed by atoms with Gasteiger partial charge in [-0.15, -0.1) is 0 Å². The second-order valence-electron chi connectivity index (χ2n) is 5.60. The zero-order chi connectivity index (χ0) is 17.4. The van der Waals surface area contributed by atoms with E-state index in [4.69, 9.17) is 11.6 Å². The summed E-state index contributed by atoms with van der Waals surface area (Å²) in [6.07, 6.45) is 2.99. The third kappa shape index (κ3) is 5.53. The first-order chi connectivity index (χ1) is 11.6. The number of hydrogen-bond acceptors (Lipinski definition) is 3. The maximum absolute atomic E-state index is 12.0. The summed E-state index contributed by atoms with van der Waals surface area (Å²) < 4.78 is 0. The van der Waals surface area contributed by atoms with Gasteiger partial charge in [-0.05, 0) is 55.7 Å². The van der Waals surface area contributed by atoms with Crippen LogP contribution in [0.4, 0.5) is 5.82 Å². The van der Waals surface area contributed by atoms with Gasteiger partial charge >= 0.3 is 0 Å². The van der Waals surface area contributed by atoms with Gasteiger partial charge in [-0.2, -0.15) is 0 Å². The van der Waals surface area contributed by atoms with Crippen molar-refractivity contribution in [2.75, 3.05) is 18.0 Å². The number of aryl methyl sites for hydroxylation is 1. The highest BCUT2D eigenvalue weighted by Gasteiger charge is 2.06. The van der Waals surface area contributed by atoms with E-state index in [1.807, 2.05) is 36.5 Å². The quantitative estimate of drug-likeness (QED) is 0.790. The molecule has 1 heterocycles. The van der Waals surface area contributed by atoms with Crippen molar-refractivity contribution in [1.82, 2.24) is 10.3 Å². The van der Waals surface area contributed by atoms with E-state index in [-0.39, 0.29) is 5.91 Å². The lowest BCUT2D eigenvalue weighted by Gasteiger charge is -2.20. The van der Waals surface area contributed by atoms with Crippen LogP contribution in [0.15, 0.2) is 42.6 Å². The number of rotatable bonds is 8. The summed E-state index contributed by atoms with van der Waals surface area (Å²) in [5.74, 6) is 1.02. The van der Waals surface area contributed by atoms with Gasteiger partial charge in [0, 0.05) is 37.3 Å². The van der Waals surface area contributed by atoms with Crippen LogP contribution in [0, 0.1) is 0 Å². The Morgan fingerprint density at radius 2 is 1.83 bits per heavy atom. The fraction of sp³-hybridized carbons (Fsp3) is 0.368. The molecule has 1 aromatic carbocycles. The molecule has 0 aliphatic heterocycles. The monoisotopic (exact) mass is 345 g/mol. The largest absolute Gasteiger partial charge is 0.357 e. The number of carbonyl (C=O) groups excluding carboxylic acids is 1. The Hall–Kier alpha value is -2.07. The molecular formula is C19H24ClN3O. The highest BCUT2D eigenvalue weighted by Crippen LogP contribution is 2.14. The molecule has 1 amide bonds. The number of aromatic nitrogens is 1. The molecule has 128 valence electrons. The average molecular weight is 346 g/mol. The second kappa shape index (κ2) is 9.28. The van der Waals surface area contributed by atoms with Crippen LogP contribution >= 0.6 is 11.6 Å². The van der Waals surface area contributed by atoms with Gasteiger partial charge in [0.1, 0.15) is 5.82 Å². The van der Waals surface area contributed by atoms with Crippen molar-refractivity contribution in [3.05, 3.63) is 58.7 Å². The molecule has 2 rings (SSSR count). The van der Waals surface area contributed by atoms with E-state index in [1.165, 1.54) is 0 Å². The van der Waals surface area contributed by atoms with Gasteiger partial charge in [0.2, 0.25) is 5.91 Å². The second-order valence-corrected chi connectivity index (χ2v) is 6.03. The number of carbonyl (C=O) groups is 1. The fourth-order valence-electron chi connectivity index (χ4n) is 2.49. The number of halogens is 1. The van der Waals surface area contributed by atoms with Crippen molar-refractivity contribution in [2.24, 2.45) is 0 Å². The van der Waals surface area contributed by atoms with Crippen molar-refractivity contribution >= 4 is 23.3 Å². The number of nitrogens with one attached hydrogen (secondary N) is 1. The predicted molar refractivity (Wildman–Crippen MR) is 99.4 cm³/mol. The van der Waals surface area contributed by atoms with Gasteiger partial charge in [0.15, 0.2) is 0 Å². The number of hydrogen-bond donors (Lipinski definition) is 1. The van der Waals surface area contributed by atoms with Gasteiger partial charge in [-0.25, -0.2) is 4.98 Å². The zero-order valence-corrected chi connectivity index (χ0v) is 15.0. The number of pyridine rings is 1. The molecular weight excluding hydrogens is 322 g/mol. The molecule has 4 nitrogen and oxygen atoms in total. The van der Waals surface area contributed by atoms with Gasteiger partial charge in [-0.3, -0.25) is 4.79 Å². The first-order valence-corrected chi connectivity index (χ1v) is 8.71. The van der Waals surface area contributed by atoms with Gasteiger partial charge < -0.3 is 10.2 Å². The molecule has 0 radical (unpaired) electrons. The molecule has 0 spiro atoms. The number of amides is 1. The SMILES string of the molecule is CCN(CC)c1cc(CCC(=O)NCc2ccc(Cl)cc2)ccn1. The summed E-state index contributed by atoms with van der Waals surface area (Å²) in [6, 6.07) is 11.5. The molecule has 0 bridgehead atoms. The highest BCUT2D eigenvalue weighted by molar-refractivity contribution is 6.30. The van der Waals surface area contributed by atoms with Crippen molar-refractivity contribution in [1.29, 1.82) is 0 Å². The van der Waals surface area contributed by atoms with Crippen LogP contribution in [-0.2, 0) is 17.8 Å². The molecule has 0 saturated carbocycles. The topological polar surface area (TPSA) is 45.2 Å². The highest BCUT2D eigenvalue weighted by atomic mass is 35.5. The first-order valence-electron chi connectivity index (χ1n) is 8.33. The Morgan fingerprint density at radius 3 is 2.50 bits per heavy atom. The third-order valence-corrected chi connectivity index (χ3v) is 4.19. The molecule has 0 aliphatic rings. The minimum atomic E-state index is 0.0474. The van der Waals surface area contributed by atoms with Crippen LogP contribution in [0.1, 0.15) is 31.4 Å². The van der Waals surface area contributed by atoms with Crippen molar-refractivity contribution in [2.45, 2.75) is 33.2 Å². The van der Waals surface area contributed by atoms with E-state index < -0.39 is 0 Å². The van der Waals surface area contributed by atoms with Crippen LogP contribution in [0.2, 0.25) is 5.02 Å². The smallest absolute Gasteiger partial charge is 0.220 e. The summed E-state index contributed by atoms with van der Waals surface area (Å²) >= 11 is 5.85. The molecule has 24 heavy (non-hydrogen) atoms. The Balaban J connectivity index is 1.83. The molecule has 5 heteroatoms. The summed E-state index contributed by atoms with van der Waals surface area (Å²) in [4.78, 5) is 18.6. The van der Waals surface area contributed by atoms with Crippen molar-refractivity contribution in [3.8, 4) is 0 Å². The van der Waals surface area contributed by atoms with Crippen LogP contribution in [0.3, 0.4) is 0 Å². The summed E-state index contributed by atoms with van der Waals surface area (Å²) in [5, 5.41) is 3.64. The number of benzene rings is 1. The minimum absolute atomic E-state index is 0.0474. The van der Waals surface area contributed by atoms with E-state index in [1.54, 1.807) is 0 Å². The third-order valence-electron chi connectivity index (χ3n) is 3.94. The number of nitrogens with zero attached hydrogens (tertiary/aromatic N) is 2. The fourth-order valence-corrected chi connectivity index (χ4v) is 2.61. The predicted octanol–water partition coefficient (Wildman–Crippen LogP) is 3.83. The average Bonchev–Trinajstić information content (AvgIpc) is 2.61. The van der Waals surface area contributed by atoms with E-state index >= 15 is 0 Å². The molecule has 0 aliphatic carbocycles. The lowest BCUT2D eigenvalue weighted by Crippen LogP contribution is -2.24. The lowest BCUT2D eigenvalue weighted by molar-refractivity contribution is -0.121. The molecule has 2 aromatic rings. The Kier molecular flexibility index (Phi) is 7.07. The van der Waals surface area contributed by atoms with E-state index in [0.29, 0.717) is 24.4 Å². The molecule has 1 aromatic heterocycles. The lowest BCUT2D eigenvalue weighted by atomic mass is 10.1. The normalized spacial score (nSPS) is 10.5. The number of anilines is 1. The molecule has 0 fully saturated rings. The summed E-state index contributed by atoms with van der Waals surface area (Å²) in [6.45, 7) is 6.60.